The maximum absolute atomic E-state index is 9.04. The van der Waals surface area contributed by atoms with Crippen LogP contribution in [0.2, 0.25) is 0 Å². The molecule has 0 saturated carbocycles. The smallest absolute Gasteiger partial charge is 0.160 e. The van der Waals surface area contributed by atoms with Gasteiger partial charge in [-0.25, -0.2) is 9.97 Å². The van der Waals surface area contributed by atoms with Crippen molar-refractivity contribution in [3.8, 4) is 62.0 Å². The molecule has 4 heteroatoms. The summed E-state index contributed by atoms with van der Waals surface area (Å²) in [6, 6.07) is 53.0. The zero-order valence-corrected chi connectivity index (χ0v) is 27.9. The van der Waals surface area contributed by atoms with Gasteiger partial charge < -0.3 is 9.47 Å². The molecule has 1 aliphatic rings. The predicted octanol–water partition coefficient (Wildman–Crippen LogP) is 12.5. The first-order valence-corrected chi connectivity index (χ1v) is 17.2. The van der Waals surface area contributed by atoms with Crippen molar-refractivity contribution < 1.29 is 6.85 Å². The number of hydrogen-bond acceptors (Lipinski definition) is 3. The maximum Gasteiger partial charge on any atom is 0.160 e. The van der Waals surface area contributed by atoms with Gasteiger partial charge in [-0.3, -0.25) is 0 Å². The van der Waals surface area contributed by atoms with Crippen LogP contribution in [0.5, 0.6) is 0 Å². The minimum absolute atomic E-state index is 0.0980. The molecule has 0 unspecified atom stereocenters. The van der Waals surface area contributed by atoms with Gasteiger partial charge in [0.25, 0.3) is 0 Å². The summed E-state index contributed by atoms with van der Waals surface area (Å²) >= 11 is 0. The fourth-order valence-corrected chi connectivity index (χ4v) is 7.36. The molecule has 2 aromatic heterocycles. The first-order valence-electron chi connectivity index (χ1n) is 19.7. The lowest BCUT2D eigenvalue weighted by Crippen LogP contribution is -2.11. The highest BCUT2D eigenvalue weighted by Gasteiger charge is 2.31. The molecule has 0 aliphatic carbocycles. The highest BCUT2D eigenvalue weighted by atomic mass is 15.2. The summed E-state index contributed by atoms with van der Waals surface area (Å²) in [7, 11) is 0. The van der Waals surface area contributed by atoms with Crippen LogP contribution in [0.4, 0.5) is 17.1 Å². The third-order valence-corrected chi connectivity index (χ3v) is 9.65. The number of fused-ring (bicyclic) bond motifs is 7. The molecule has 0 amide bonds. The van der Waals surface area contributed by atoms with Crippen LogP contribution in [0.25, 0.3) is 72.9 Å². The van der Waals surface area contributed by atoms with E-state index in [4.69, 9.17) is 16.8 Å². The van der Waals surface area contributed by atoms with E-state index in [1.165, 1.54) is 0 Å². The third kappa shape index (κ3) is 4.92. The van der Waals surface area contributed by atoms with E-state index in [1.54, 1.807) is 0 Å². The monoisotopic (exact) mass is 669 g/mol. The topological polar surface area (TPSA) is 34.0 Å². The van der Waals surface area contributed by atoms with Crippen LogP contribution in [0, 0.1) is 0 Å². The number of nitrogens with zero attached hydrogens (tertiary/aromatic N) is 4. The van der Waals surface area contributed by atoms with Crippen molar-refractivity contribution in [2.45, 2.75) is 0 Å². The predicted molar refractivity (Wildman–Crippen MR) is 214 cm³/mol. The Labute approximate surface area is 309 Å². The van der Waals surface area contributed by atoms with E-state index in [2.05, 4.69) is 53.1 Å². The first-order chi connectivity index (χ1) is 27.9. The molecule has 0 saturated heterocycles. The maximum atomic E-state index is 9.04. The summed E-state index contributed by atoms with van der Waals surface area (Å²) in [5.41, 5.74) is 11.6. The second-order valence-electron chi connectivity index (χ2n) is 12.7. The summed E-state index contributed by atoms with van der Waals surface area (Å²) in [4.78, 5) is 11.9. The number of aromatic nitrogens is 3. The summed E-state index contributed by atoms with van der Waals surface area (Å²) in [5.74, 6) is 0.650. The Balaban J connectivity index is 1.20. The van der Waals surface area contributed by atoms with Gasteiger partial charge in [0, 0.05) is 50.1 Å². The van der Waals surface area contributed by atoms with Crippen LogP contribution in [0.3, 0.4) is 0 Å². The summed E-state index contributed by atoms with van der Waals surface area (Å²) in [5, 5.41) is 1.03. The number of para-hydroxylation sites is 4. The van der Waals surface area contributed by atoms with E-state index in [-0.39, 0.29) is 29.9 Å². The van der Waals surface area contributed by atoms with Crippen molar-refractivity contribution in [2.24, 2.45) is 0 Å². The Kier molecular flexibility index (Phi) is 5.95. The average molecular weight is 670 g/mol. The number of benzene rings is 7. The average Bonchev–Trinajstić information content (AvgIpc) is 3.56. The van der Waals surface area contributed by atoms with Crippen molar-refractivity contribution in [3.63, 3.8) is 0 Å². The fraction of sp³-hybridized carbons (Fsp3) is 0. The van der Waals surface area contributed by atoms with E-state index in [0.717, 1.165) is 67.1 Å². The Bertz CT molecular complexity index is 2930. The second-order valence-corrected chi connectivity index (χ2v) is 12.7. The summed E-state index contributed by atoms with van der Waals surface area (Å²) in [6.07, 6.45) is 0. The standard InChI is InChI=1S/C48H32N4/c1-4-16-33(17-5-1)41-32-42(50-48(49-41)35-18-6-2-7-19-35)34-28-30-37(31-29-34)52-44-26-14-11-23-39(44)46-38-22-10-13-25-43(38)51(36-20-8-3-9-21-36)45-27-15-12-24-40(45)47(46)52/h1-32H/i3D,8D,9D,20D,21D. The van der Waals surface area contributed by atoms with Gasteiger partial charge >= 0.3 is 0 Å². The van der Waals surface area contributed by atoms with Gasteiger partial charge in [-0.1, -0.05) is 146 Å². The molecule has 0 fully saturated rings. The molecule has 7 aromatic carbocycles. The van der Waals surface area contributed by atoms with Gasteiger partial charge in [-0.05, 0) is 48.5 Å². The van der Waals surface area contributed by atoms with Gasteiger partial charge in [0.1, 0.15) is 0 Å². The van der Waals surface area contributed by atoms with Crippen molar-refractivity contribution in [2.75, 3.05) is 4.90 Å². The van der Waals surface area contributed by atoms with Crippen molar-refractivity contribution in [3.05, 3.63) is 194 Å². The van der Waals surface area contributed by atoms with Gasteiger partial charge in [-0.2, -0.15) is 0 Å². The van der Waals surface area contributed by atoms with Gasteiger partial charge in [0.05, 0.1) is 40.8 Å². The fourth-order valence-electron chi connectivity index (χ4n) is 7.36. The quantitative estimate of drug-likeness (QED) is 0.183. The molecule has 1 aliphatic heterocycles. The lowest BCUT2D eigenvalue weighted by atomic mass is 9.98. The van der Waals surface area contributed by atoms with Gasteiger partial charge in [-0.15, -0.1) is 0 Å². The molecule has 0 N–H and O–H groups in total. The molecule has 0 radical (unpaired) electrons. The van der Waals surface area contributed by atoms with Gasteiger partial charge in [0.15, 0.2) is 5.82 Å². The van der Waals surface area contributed by atoms with Crippen LogP contribution in [0.1, 0.15) is 6.85 Å². The van der Waals surface area contributed by atoms with E-state index in [0.29, 0.717) is 17.2 Å². The Morgan fingerprint density at radius 2 is 1.02 bits per heavy atom. The zero-order chi connectivity index (χ0) is 38.8. The Hall–Kier alpha value is -7.04. The van der Waals surface area contributed by atoms with Crippen molar-refractivity contribution in [1.82, 2.24) is 14.5 Å². The molecular weight excluding hydrogens is 633 g/mol. The molecule has 52 heavy (non-hydrogen) atoms. The molecular formula is C48H32N4. The van der Waals surface area contributed by atoms with E-state index >= 15 is 0 Å². The lowest BCUT2D eigenvalue weighted by molar-refractivity contribution is 1.13. The van der Waals surface area contributed by atoms with E-state index in [9.17, 15) is 0 Å². The van der Waals surface area contributed by atoms with Crippen LogP contribution < -0.4 is 4.90 Å². The molecule has 3 heterocycles. The first kappa shape index (κ1) is 25.0. The minimum atomic E-state index is -0.427. The Morgan fingerprint density at radius 3 is 1.73 bits per heavy atom. The molecule has 9 aromatic rings. The minimum Gasteiger partial charge on any atom is -0.309 e. The molecule has 0 atom stereocenters. The van der Waals surface area contributed by atoms with Gasteiger partial charge in [0.2, 0.25) is 0 Å². The van der Waals surface area contributed by atoms with Crippen LogP contribution in [0.15, 0.2) is 194 Å². The Morgan fingerprint density at radius 1 is 0.462 bits per heavy atom. The van der Waals surface area contributed by atoms with Crippen LogP contribution >= 0.6 is 0 Å². The number of rotatable bonds is 5. The molecule has 0 bridgehead atoms. The molecule has 10 rings (SSSR count). The highest BCUT2D eigenvalue weighted by Crippen LogP contribution is 2.54. The van der Waals surface area contributed by atoms with E-state index < -0.39 is 6.04 Å². The summed E-state index contributed by atoms with van der Waals surface area (Å²) in [6.45, 7) is 0. The van der Waals surface area contributed by atoms with Crippen molar-refractivity contribution in [1.29, 1.82) is 0 Å². The largest absolute Gasteiger partial charge is 0.309 e. The number of anilines is 3. The molecule has 0 spiro atoms. The second kappa shape index (κ2) is 12.4. The lowest BCUT2D eigenvalue weighted by Gasteiger charge is -2.27. The van der Waals surface area contributed by atoms with Crippen LogP contribution in [-0.2, 0) is 0 Å². The SMILES string of the molecule is [2H]c1c([2H])c([2H])c(N2c3ccccc3-c3c(n(-c4ccc(-c5cc(-c6ccccc6)nc(-c6ccccc6)n5)cc4)c4ccccc34)-c3ccccc32)c([2H])c1[2H]. The molecule has 4 nitrogen and oxygen atoms in total. The number of hydrogen-bond donors (Lipinski definition) is 0. The zero-order valence-electron chi connectivity index (χ0n) is 32.9. The van der Waals surface area contributed by atoms with Crippen LogP contribution in [-0.4, -0.2) is 14.5 Å². The van der Waals surface area contributed by atoms with E-state index in [1.807, 2.05) is 120 Å². The third-order valence-electron chi connectivity index (χ3n) is 9.65. The normalized spacial score (nSPS) is 13.2. The summed E-state index contributed by atoms with van der Waals surface area (Å²) < 4.78 is 45.8. The highest BCUT2D eigenvalue weighted by molar-refractivity contribution is 6.12. The van der Waals surface area contributed by atoms with Crippen molar-refractivity contribution >= 4 is 28.0 Å². The molecule has 244 valence electrons.